The van der Waals surface area contributed by atoms with Gasteiger partial charge in [0.05, 0.1) is 11.1 Å². The van der Waals surface area contributed by atoms with Crippen molar-refractivity contribution in [1.82, 2.24) is 14.9 Å². The largest absolute Gasteiger partial charge is 0.507 e. The molecule has 1 aromatic carbocycles. The van der Waals surface area contributed by atoms with Gasteiger partial charge in [-0.1, -0.05) is 18.6 Å². The van der Waals surface area contributed by atoms with Gasteiger partial charge in [-0.25, -0.2) is 0 Å². The molecule has 1 fully saturated rings. The Kier molecular flexibility index (Phi) is 5.22. The zero-order valence-electron chi connectivity index (χ0n) is 17.1. The summed E-state index contributed by atoms with van der Waals surface area (Å²) in [4.78, 5) is 23.6. The zero-order valence-corrected chi connectivity index (χ0v) is 17.1. The van der Waals surface area contributed by atoms with E-state index in [1.165, 1.54) is 5.56 Å². The number of aromatic hydroxyl groups is 1. The molecule has 2 aliphatic heterocycles. The molecular formula is C25H23N3O3. The molecule has 0 amide bonds. The number of phenols is 1. The number of Topliss-reactive ketones (excluding diaryl/α,β-unsaturated/α-hetero) is 1. The molecule has 156 valence electrons. The molecule has 0 bridgehead atoms. The number of likely N-dealkylation sites (tertiary alicyclic amines) is 1. The van der Waals surface area contributed by atoms with Crippen molar-refractivity contribution >= 4 is 11.9 Å². The fraction of sp³-hybridized carbons (Fsp3) is 0.240. The number of rotatable bonds is 4. The van der Waals surface area contributed by atoms with Crippen molar-refractivity contribution in [2.45, 2.75) is 31.8 Å². The average Bonchev–Trinajstić information content (AvgIpc) is 3.13. The van der Waals surface area contributed by atoms with Crippen LogP contribution in [0.1, 0.15) is 52.4 Å². The van der Waals surface area contributed by atoms with E-state index in [-0.39, 0.29) is 23.3 Å². The number of phenolic OH excluding ortho intramolecular Hbond substituents is 1. The number of hydrogen-bond acceptors (Lipinski definition) is 6. The molecular weight excluding hydrogens is 390 g/mol. The van der Waals surface area contributed by atoms with Crippen LogP contribution in [0, 0.1) is 0 Å². The van der Waals surface area contributed by atoms with Crippen LogP contribution in [-0.4, -0.2) is 32.3 Å². The molecule has 3 aromatic rings. The van der Waals surface area contributed by atoms with Crippen molar-refractivity contribution < 1.29 is 14.6 Å². The van der Waals surface area contributed by atoms with E-state index >= 15 is 0 Å². The maximum absolute atomic E-state index is 12.9. The van der Waals surface area contributed by atoms with Crippen molar-refractivity contribution in [3.05, 3.63) is 89.2 Å². The lowest BCUT2D eigenvalue weighted by Gasteiger charge is -2.36. The average molecular weight is 413 g/mol. The molecule has 2 aromatic heterocycles. The molecule has 1 atom stereocenters. The van der Waals surface area contributed by atoms with Crippen LogP contribution in [-0.2, 0) is 6.54 Å². The van der Waals surface area contributed by atoms with Crippen LogP contribution < -0.4 is 4.74 Å². The summed E-state index contributed by atoms with van der Waals surface area (Å²) in [7, 11) is 0. The number of aromatic nitrogens is 2. The van der Waals surface area contributed by atoms with Gasteiger partial charge in [-0.05, 0) is 60.9 Å². The van der Waals surface area contributed by atoms with E-state index in [9.17, 15) is 9.90 Å². The van der Waals surface area contributed by atoms with Crippen LogP contribution in [0.5, 0.6) is 11.5 Å². The van der Waals surface area contributed by atoms with Crippen molar-refractivity contribution in [2.24, 2.45) is 0 Å². The van der Waals surface area contributed by atoms with E-state index < -0.39 is 0 Å². The number of pyridine rings is 2. The first kappa shape index (κ1) is 19.5. The number of piperidine rings is 1. The molecule has 6 heteroatoms. The molecule has 31 heavy (non-hydrogen) atoms. The molecule has 4 heterocycles. The minimum Gasteiger partial charge on any atom is -0.507 e. The Morgan fingerprint density at radius 2 is 1.94 bits per heavy atom. The number of allylic oxidation sites excluding steroid dienone is 1. The minimum atomic E-state index is -0.178. The molecule has 0 radical (unpaired) electrons. The lowest BCUT2D eigenvalue weighted by atomic mass is 9.95. The highest BCUT2D eigenvalue weighted by Crippen LogP contribution is 2.42. The van der Waals surface area contributed by atoms with E-state index in [0.717, 1.165) is 31.4 Å². The van der Waals surface area contributed by atoms with Crippen LogP contribution in [0.3, 0.4) is 0 Å². The molecule has 0 unspecified atom stereocenters. The predicted molar refractivity (Wildman–Crippen MR) is 117 cm³/mol. The highest BCUT2D eigenvalue weighted by molar-refractivity contribution is 6.14. The lowest BCUT2D eigenvalue weighted by molar-refractivity contribution is 0.101. The van der Waals surface area contributed by atoms with Crippen molar-refractivity contribution in [2.75, 3.05) is 6.54 Å². The number of hydrogen-bond donors (Lipinski definition) is 1. The second-order valence-electron chi connectivity index (χ2n) is 7.93. The first-order chi connectivity index (χ1) is 15.2. The third kappa shape index (κ3) is 3.82. The van der Waals surface area contributed by atoms with Crippen LogP contribution >= 0.6 is 0 Å². The predicted octanol–water partition coefficient (Wildman–Crippen LogP) is 4.53. The summed E-state index contributed by atoms with van der Waals surface area (Å²) in [6.07, 6.45) is 12.0. The first-order valence-electron chi connectivity index (χ1n) is 10.5. The number of carbonyl (C=O) groups is 1. The summed E-state index contributed by atoms with van der Waals surface area (Å²) in [6, 6.07) is 11.2. The van der Waals surface area contributed by atoms with Gasteiger partial charge < -0.3 is 9.84 Å². The standard InChI is InChI=1S/C25H23N3O3/c29-22-9-8-19-24(30)23(13-17-5-3-10-26-14-17)31-25(19)20(22)16-28-12-2-1-7-21(28)18-6-4-11-27-15-18/h3-6,8-11,13-15,21,29H,1-2,7,12,16H2/b23-13-/t21-/m0/s1. The Morgan fingerprint density at radius 3 is 2.71 bits per heavy atom. The Bertz CT molecular complexity index is 1130. The van der Waals surface area contributed by atoms with Gasteiger partial charge in [0.2, 0.25) is 5.78 Å². The van der Waals surface area contributed by atoms with Crippen molar-refractivity contribution in [3.63, 3.8) is 0 Å². The highest BCUT2D eigenvalue weighted by Gasteiger charge is 2.33. The van der Waals surface area contributed by atoms with Gasteiger partial charge >= 0.3 is 0 Å². The summed E-state index contributed by atoms with van der Waals surface area (Å²) < 4.78 is 6.00. The maximum Gasteiger partial charge on any atom is 0.231 e. The fourth-order valence-electron chi connectivity index (χ4n) is 4.40. The minimum absolute atomic E-state index is 0.143. The Hall–Kier alpha value is -3.51. The van der Waals surface area contributed by atoms with Crippen LogP contribution in [0.25, 0.3) is 6.08 Å². The summed E-state index contributed by atoms with van der Waals surface area (Å²) in [5, 5.41) is 10.7. The van der Waals surface area contributed by atoms with Gasteiger partial charge in [-0.3, -0.25) is 19.7 Å². The number of fused-ring (bicyclic) bond motifs is 1. The fourth-order valence-corrected chi connectivity index (χ4v) is 4.40. The topological polar surface area (TPSA) is 75.6 Å². The number of ketones is 1. The van der Waals surface area contributed by atoms with E-state index in [4.69, 9.17) is 4.74 Å². The quantitative estimate of drug-likeness (QED) is 0.634. The van der Waals surface area contributed by atoms with Crippen LogP contribution in [0.4, 0.5) is 0 Å². The molecule has 1 saturated heterocycles. The Balaban J connectivity index is 1.47. The molecule has 6 nitrogen and oxygen atoms in total. The Labute approximate surface area is 180 Å². The molecule has 0 aliphatic carbocycles. The Morgan fingerprint density at radius 1 is 1.10 bits per heavy atom. The molecule has 0 spiro atoms. The second kappa shape index (κ2) is 8.32. The zero-order chi connectivity index (χ0) is 21.2. The highest BCUT2D eigenvalue weighted by atomic mass is 16.5. The van der Waals surface area contributed by atoms with Gasteiger partial charge in [0.25, 0.3) is 0 Å². The summed E-state index contributed by atoms with van der Waals surface area (Å²) >= 11 is 0. The van der Waals surface area contributed by atoms with Gasteiger partial charge in [0.1, 0.15) is 11.5 Å². The van der Waals surface area contributed by atoms with Gasteiger partial charge in [0.15, 0.2) is 5.76 Å². The van der Waals surface area contributed by atoms with Gasteiger partial charge in [-0.2, -0.15) is 0 Å². The monoisotopic (exact) mass is 413 g/mol. The van der Waals surface area contributed by atoms with Gasteiger partial charge in [0, 0.05) is 37.4 Å². The number of benzene rings is 1. The molecule has 5 rings (SSSR count). The van der Waals surface area contributed by atoms with E-state index in [0.29, 0.717) is 23.4 Å². The molecule has 1 N–H and O–H groups in total. The van der Waals surface area contributed by atoms with Crippen molar-refractivity contribution in [3.8, 4) is 11.5 Å². The molecule has 0 saturated carbocycles. The smallest absolute Gasteiger partial charge is 0.231 e. The van der Waals surface area contributed by atoms with Crippen molar-refractivity contribution in [1.29, 1.82) is 0 Å². The maximum atomic E-state index is 12.9. The number of nitrogens with zero attached hydrogens (tertiary/aromatic N) is 3. The normalized spacial score (nSPS) is 19.9. The molecule has 2 aliphatic rings. The van der Waals surface area contributed by atoms with Crippen LogP contribution in [0.2, 0.25) is 0 Å². The first-order valence-corrected chi connectivity index (χ1v) is 10.5. The van der Waals surface area contributed by atoms with E-state index in [2.05, 4.69) is 20.9 Å². The van der Waals surface area contributed by atoms with E-state index in [1.807, 2.05) is 24.4 Å². The van der Waals surface area contributed by atoms with Gasteiger partial charge in [-0.15, -0.1) is 0 Å². The second-order valence-corrected chi connectivity index (χ2v) is 7.93. The van der Waals surface area contributed by atoms with E-state index in [1.54, 1.807) is 36.8 Å². The lowest BCUT2D eigenvalue weighted by Crippen LogP contribution is -2.33. The summed E-state index contributed by atoms with van der Waals surface area (Å²) in [6.45, 7) is 1.41. The third-order valence-electron chi connectivity index (χ3n) is 5.94. The summed E-state index contributed by atoms with van der Waals surface area (Å²) in [5.74, 6) is 0.667. The summed E-state index contributed by atoms with van der Waals surface area (Å²) in [5.41, 5.74) is 3.09. The number of ether oxygens (including phenoxy) is 1. The van der Waals surface area contributed by atoms with Crippen LogP contribution in [0.15, 0.2) is 66.9 Å². The number of carbonyl (C=O) groups excluding carboxylic acids is 1. The SMILES string of the molecule is O=C1/C(=C/c2cccnc2)Oc2c1ccc(O)c2CN1CCCC[C@H]1c1cccnc1. The third-order valence-corrected chi connectivity index (χ3v) is 5.94.